The second-order valence-corrected chi connectivity index (χ2v) is 5.02. The third-order valence-electron chi connectivity index (χ3n) is 3.16. The molecule has 0 heterocycles. The summed E-state index contributed by atoms with van der Waals surface area (Å²) in [6.07, 6.45) is 1.33. The molecule has 0 aromatic heterocycles. The van der Waals surface area contributed by atoms with Crippen LogP contribution in [-0.4, -0.2) is 17.0 Å². The van der Waals surface area contributed by atoms with E-state index in [1.54, 1.807) is 0 Å². The Labute approximate surface area is 139 Å². The predicted octanol–water partition coefficient (Wildman–Crippen LogP) is 3.15. The molecule has 24 heavy (non-hydrogen) atoms. The molecular weight excluding hydrogens is 306 g/mol. The number of aromatic carboxylic acids is 1. The molecular formula is C18H15N3O3. The molecule has 0 bridgehead atoms. The van der Waals surface area contributed by atoms with Gasteiger partial charge in [0, 0.05) is 17.6 Å². The Morgan fingerprint density at radius 2 is 1.83 bits per heavy atom. The van der Waals surface area contributed by atoms with Crippen LogP contribution in [0.4, 0.5) is 11.4 Å². The van der Waals surface area contributed by atoms with Gasteiger partial charge in [-0.25, -0.2) is 4.79 Å². The summed E-state index contributed by atoms with van der Waals surface area (Å²) in [6.45, 7) is 1.94. The fourth-order valence-corrected chi connectivity index (χ4v) is 1.93. The van der Waals surface area contributed by atoms with Crippen molar-refractivity contribution in [1.29, 1.82) is 5.26 Å². The molecule has 0 aliphatic carbocycles. The molecule has 0 saturated carbocycles. The van der Waals surface area contributed by atoms with Crippen LogP contribution < -0.4 is 10.6 Å². The van der Waals surface area contributed by atoms with E-state index >= 15 is 0 Å². The van der Waals surface area contributed by atoms with Crippen molar-refractivity contribution < 1.29 is 14.7 Å². The zero-order valence-corrected chi connectivity index (χ0v) is 12.9. The van der Waals surface area contributed by atoms with Crippen molar-refractivity contribution >= 4 is 23.3 Å². The Morgan fingerprint density at radius 1 is 1.12 bits per heavy atom. The predicted molar refractivity (Wildman–Crippen MR) is 90.5 cm³/mol. The molecule has 0 radical (unpaired) electrons. The molecule has 2 aromatic rings. The zero-order chi connectivity index (χ0) is 17.5. The van der Waals surface area contributed by atoms with E-state index in [-0.39, 0.29) is 11.1 Å². The van der Waals surface area contributed by atoms with Gasteiger partial charge in [-0.2, -0.15) is 5.26 Å². The lowest BCUT2D eigenvalue weighted by molar-refractivity contribution is -0.112. The lowest BCUT2D eigenvalue weighted by Crippen LogP contribution is -2.14. The number of amides is 1. The van der Waals surface area contributed by atoms with Gasteiger partial charge in [0.2, 0.25) is 0 Å². The topological polar surface area (TPSA) is 102 Å². The molecule has 6 nitrogen and oxygen atoms in total. The number of aryl methyl sites for hydroxylation is 1. The number of carboxylic acids is 1. The van der Waals surface area contributed by atoms with Crippen molar-refractivity contribution in [3.05, 3.63) is 71.4 Å². The second-order valence-electron chi connectivity index (χ2n) is 5.02. The van der Waals surface area contributed by atoms with Gasteiger partial charge >= 0.3 is 5.97 Å². The highest BCUT2D eigenvalue weighted by atomic mass is 16.4. The summed E-state index contributed by atoms with van der Waals surface area (Å²) in [7, 11) is 0. The lowest BCUT2D eigenvalue weighted by atomic mass is 10.2. The monoisotopic (exact) mass is 321 g/mol. The summed E-state index contributed by atoms with van der Waals surface area (Å²) < 4.78 is 0. The zero-order valence-electron chi connectivity index (χ0n) is 12.9. The first-order chi connectivity index (χ1) is 11.5. The van der Waals surface area contributed by atoms with Crippen molar-refractivity contribution in [2.75, 3.05) is 10.6 Å². The first kappa shape index (κ1) is 16.8. The molecule has 2 aromatic carbocycles. The van der Waals surface area contributed by atoms with E-state index in [0.29, 0.717) is 5.69 Å². The number of carboxylic acid groups (broad SMARTS) is 1. The van der Waals surface area contributed by atoms with Crippen LogP contribution in [-0.2, 0) is 4.79 Å². The number of rotatable bonds is 5. The second kappa shape index (κ2) is 7.61. The minimum atomic E-state index is -1.05. The van der Waals surface area contributed by atoms with Crippen LogP contribution in [0.25, 0.3) is 0 Å². The summed E-state index contributed by atoms with van der Waals surface area (Å²) in [5.41, 5.74) is 2.24. The average Bonchev–Trinajstić information content (AvgIpc) is 2.56. The van der Waals surface area contributed by atoms with E-state index < -0.39 is 11.9 Å². The molecule has 0 atom stereocenters. The Bertz CT molecular complexity index is 833. The van der Waals surface area contributed by atoms with Crippen LogP contribution in [0.15, 0.2) is 60.3 Å². The highest BCUT2D eigenvalue weighted by molar-refractivity contribution is 6.06. The van der Waals surface area contributed by atoms with Gasteiger partial charge in [0.15, 0.2) is 0 Å². The van der Waals surface area contributed by atoms with Gasteiger partial charge in [0.25, 0.3) is 5.91 Å². The van der Waals surface area contributed by atoms with E-state index in [1.807, 2.05) is 37.3 Å². The van der Waals surface area contributed by atoms with Crippen molar-refractivity contribution in [3.8, 4) is 6.07 Å². The molecule has 120 valence electrons. The first-order valence-electron chi connectivity index (χ1n) is 7.08. The van der Waals surface area contributed by atoms with Crippen LogP contribution in [0.5, 0.6) is 0 Å². The van der Waals surface area contributed by atoms with Crippen molar-refractivity contribution in [1.82, 2.24) is 0 Å². The van der Waals surface area contributed by atoms with Crippen LogP contribution in [0.3, 0.4) is 0 Å². The first-order valence-corrected chi connectivity index (χ1v) is 7.08. The molecule has 0 spiro atoms. The van der Waals surface area contributed by atoms with Crippen LogP contribution in [0.1, 0.15) is 15.9 Å². The fraction of sp³-hybridized carbons (Fsp3) is 0.0556. The molecule has 6 heteroatoms. The number of benzene rings is 2. The molecule has 0 saturated heterocycles. The molecule has 0 aliphatic rings. The molecule has 0 aliphatic heterocycles. The SMILES string of the molecule is Cc1cccc(N/C=C(/C#N)C(=O)Nc2ccc(C(=O)O)cc2)c1. The third-order valence-corrected chi connectivity index (χ3v) is 3.16. The van der Waals surface area contributed by atoms with Crippen molar-refractivity contribution in [2.45, 2.75) is 6.92 Å². The number of carbonyl (C=O) groups is 2. The number of hydrogen-bond acceptors (Lipinski definition) is 4. The van der Waals surface area contributed by atoms with E-state index in [2.05, 4.69) is 10.6 Å². The number of nitriles is 1. The van der Waals surface area contributed by atoms with E-state index in [4.69, 9.17) is 10.4 Å². The van der Waals surface area contributed by atoms with Gasteiger partial charge in [-0.1, -0.05) is 12.1 Å². The van der Waals surface area contributed by atoms with E-state index in [9.17, 15) is 9.59 Å². The van der Waals surface area contributed by atoms with Gasteiger partial charge in [-0.3, -0.25) is 4.79 Å². The van der Waals surface area contributed by atoms with Gasteiger partial charge in [0.1, 0.15) is 11.6 Å². The van der Waals surface area contributed by atoms with Gasteiger partial charge < -0.3 is 15.7 Å². The summed E-state index contributed by atoms with van der Waals surface area (Å²) in [5.74, 6) is -1.63. The van der Waals surface area contributed by atoms with Gasteiger partial charge in [-0.05, 0) is 48.9 Å². The molecule has 3 N–H and O–H groups in total. The highest BCUT2D eigenvalue weighted by Crippen LogP contribution is 2.12. The normalized spacial score (nSPS) is 10.6. The maximum Gasteiger partial charge on any atom is 0.335 e. The molecule has 2 rings (SSSR count). The summed E-state index contributed by atoms with van der Waals surface area (Å²) in [5, 5.41) is 23.4. The smallest absolute Gasteiger partial charge is 0.335 e. The number of anilines is 2. The number of nitrogens with one attached hydrogen (secondary N) is 2. The van der Waals surface area contributed by atoms with Crippen LogP contribution in [0, 0.1) is 18.3 Å². The third kappa shape index (κ3) is 4.45. The van der Waals surface area contributed by atoms with Gasteiger partial charge in [0.05, 0.1) is 5.56 Å². The largest absolute Gasteiger partial charge is 0.478 e. The summed E-state index contributed by atoms with van der Waals surface area (Å²) in [4.78, 5) is 22.9. The van der Waals surface area contributed by atoms with Crippen LogP contribution in [0.2, 0.25) is 0 Å². The number of hydrogen-bond donors (Lipinski definition) is 3. The maximum absolute atomic E-state index is 12.1. The number of nitrogens with zero attached hydrogens (tertiary/aromatic N) is 1. The van der Waals surface area contributed by atoms with Crippen molar-refractivity contribution in [3.63, 3.8) is 0 Å². The minimum absolute atomic E-state index is 0.0983. The molecule has 0 fully saturated rings. The average molecular weight is 321 g/mol. The Balaban J connectivity index is 2.07. The van der Waals surface area contributed by atoms with E-state index in [1.165, 1.54) is 30.5 Å². The molecule has 0 unspecified atom stereocenters. The standard InChI is InChI=1S/C18H15N3O3/c1-12-3-2-4-16(9-12)20-11-14(10-19)17(22)21-15-7-5-13(6-8-15)18(23)24/h2-9,11,20H,1H3,(H,21,22)(H,23,24)/b14-11-. The molecule has 1 amide bonds. The van der Waals surface area contributed by atoms with Crippen LogP contribution >= 0.6 is 0 Å². The fourth-order valence-electron chi connectivity index (χ4n) is 1.93. The Kier molecular flexibility index (Phi) is 5.32. The van der Waals surface area contributed by atoms with Crippen molar-refractivity contribution in [2.24, 2.45) is 0 Å². The highest BCUT2D eigenvalue weighted by Gasteiger charge is 2.10. The number of carbonyl (C=O) groups excluding carboxylic acids is 1. The van der Waals surface area contributed by atoms with Gasteiger partial charge in [-0.15, -0.1) is 0 Å². The Hall–Kier alpha value is -3.59. The quantitative estimate of drug-likeness (QED) is 0.580. The van der Waals surface area contributed by atoms with E-state index in [0.717, 1.165) is 11.3 Å². The lowest BCUT2D eigenvalue weighted by Gasteiger charge is -2.06. The Morgan fingerprint density at radius 3 is 2.42 bits per heavy atom. The summed E-state index contributed by atoms with van der Waals surface area (Å²) >= 11 is 0. The summed E-state index contributed by atoms with van der Waals surface area (Å²) in [6, 6.07) is 15.0. The maximum atomic E-state index is 12.1. The minimum Gasteiger partial charge on any atom is -0.478 e.